The number of rotatable bonds is 5. The van der Waals surface area contributed by atoms with Crippen LogP contribution in [0.3, 0.4) is 0 Å². The van der Waals surface area contributed by atoms with Crippen LogP contribution < -0.4 is 15.4 Å². The second-order valence-electron chi connectivity index (χ2n) is 6.55. The van der Waals surface area contributed by atoms with Gasteiger partial charge in [0.05, 0.1) is 6.04 Å². The highest BCUT2D eigenvalue weighted by Crippen LogP contribution is 2.58. The summed E-state index contributed by atoms with van der Waals surface area (Å²) in [6.07, 6.45) is 3.07. The van der Waals surface area contributed by atoms with Crippen LogP contribution >= 0.6 is 12.4 Å². The number of carbonyl (C=O) groups is 1. The lowest BCUT2D eigenvalue weighted by molar-refractivity contribution is -0.124. The summed E-state index contributed by atoms with van der Waals surface area (Å²) < 4.78 is 29.0. The van der Waals surface area contributed by atoms with Crippen molar-refractivity contribution < 1.29 is 18.3 Å². The topological polar surface area (TPSA) is 50.4 Å². The van der Waals surface area contributed by atoms with Crippen LogP contribution in [0.25, 0.3) is 0 Å². The number of piperidine rings is 1. The van der Waals surface area contributed by atoms with Crippen molar-refractivity contribution >= 4 is 18.3 Å². The molecule has 1 aliphatic heterocycles. The van der Waals surface area contributed by atoms with Gasteiger partial charge in [0.25, 0.3) is 0 Å². The summed E-state index contributed by atoms with van der Waals surface area (Å²) >= 11 is 0. The number of amides is 1. The minimum absolute atomic E-state index is 0. The predicted octanol–water partition coefficient (Wildman–Crippen LogP) is 3.28. The van der Waals surface area contributed by atoms with E-state index in [4.69, 9.17) is 0 Å². The Bertz CT molecular complexity index is 579. The standard InChI is InChI=1S/C17H22F2N2O2.ClH/c1-11(12-3-2-4-13(9-12)23-16(18)19)21-15(22)14-10-17(14)5-7-20-8-6-17;/h2-4,9,11,14,16,20H,5-8,10H2,1H3,(H,21,22);1H. The van der Waals surface area contributed by atoms with Crippen molar-refractivity contribution in [2.24, 2.45) is 11.3 Å². The molecule has 134 valence electrons. The average Bonchev–Trinajstić information content (AvgIpc) is 3.21. The van der Waals surface area contributed by atoms with E-state index in [1.54, 1.807) is 18.2 Å². The number of hydrogen-bond donors (Lipinski definition) is 2. The Balaban J connectivity index is 0.00000208. The molecule has 3 rings (SSSR count). The number of halogens is 3. The summed E-state index contributed by atoms with van der Waals surface area (Å²) in [7, 11) is 0. The molecule has 0 aromatic heterocycles. The monoisotopic (exact) mass is 360 g/mol. The van der Waals surface area contributed by atoms with E-state index < -0.39 is 6.61 Å². The quantitative estimate of drug-likeness (QED) is 0.847. The van der Waals surface area contributed by atoms with Crippen molar-refractivity contribution in [2.75, 3.05) is 13.1 Å². The Morgan fingerprint density at radius 1 is 1.38 bits per heavy atom. The molecule has 24 heavy (non-hydrogen) atoms. The minimum atomic E-state index is -2.85. The molecule has 4 nitrogen and oxygen atoms in total. The van der Waals surface area contributed by atoms with Gasteiger partial charge in [0.15, 0.2) is 0 Å². The first-order valence-electron chi connectivity index (χ1n) is 8.06. The molecule has 1 heterocycles. The van der Waals surface area contributed by atoms with Crippen molar-refractivity contribution in [3.05, 3.63) is 29.8 Å². The Morgan fingerprint density at radius 2 is 2.08 bits per heavy atom. The Morgan fingerprint density at radius 3 is 2.75 bits per heavy atom. The highest BCUT2D eigenvalue weighted by molar-refractivity contribution is 5.85. The van der Waals surface area contributed by atoms with Crippen LogP contribution in [0.1, 0.15) is 37.8 Å². The highest BCUT2D eigenvalue weighted by Gasteiger charge is 2.57. The molecule has 1 aliphatic carbocycles. The molecule has 2 N–H and O–H groups in total. The first-order valence-corrected chi connectivity index (χ1v) is 8.06. The molecule has 7 heteroatoms. The molecule has 0 radical (unpaired) electrons. The van der Waals surface area contributed by atoms with Gasteiger partial charge in [-0.05, 0) is 62.4 Å². The zero-order chi connectivity index (χ0) is 16.4. The van der Waals surface area contributed by atoms with Crippen LogP contribution in [0.2, 0.25) is 0 Å². The van der Waals surface area contributed by atoms with Crippen LogP contribution in [0.15, 0.2) is 24.3 Å². The minimum Gasteiger partial charge on any atom is -0.435 e. The lowest BCUT2D eigenvalue weighted by atomic mass is 9.91. The van der Waals surface area contributed by atoms with Crippen LogP contribution in [-0.4, -0.2) is 25.6 Å². The smallest absolute Gasteiger partial charge is 0.387 e. The third-order valence-electron chi connectivity index (χ3n) is 5.05. The Kier molecular flexibility index (Phi) is 6.04. The molecule has 1 saturated carbocycles. The van der Waals surface area contributed by atoms with E-state index in [1.807, 2.05) is 6.92 Å². The Labute approximate surface area is 146 Å². The van der Waals surface area contributed by atoms with E-state index in [0.29, 0.717) is 0 Å². The van der Waals surface area contributed by atoms with Crippen molar-refractivity contribution in [2.45, 2.75) is 38.8 Å². The van der Waals surface area contributed by atoms with Crippen LogP contribution in [0.4, 0.5) is 8.78 Å². The molecule has 1 aromatic carbocycles. The van der Waals surface area contributed by atoms with Gasteiger partial charge in [-0.15, -0.1) is 12.4 Å². The van der Waals surface area contributed by atoms with Crippen molar-refractivity contribution in [1.29, 1.82) is 0 Å². The molecular formula is C17H23ClF2N2O2. The molecule has 1 saturated heterocycles. The van der Waals surface area contributed by atoms with Gasteiger partial charge in [-0.1, -0.05) is 12.1 Å². The fraction of sp³-hybridized carbons (Fsp3) is 0.588. The van der Waals surface area contributed by atoms with Crippen molar-refractivity contribution in [3.63, 3.8) is 0 Å². The fourth-order valence-corrected chi connectivity index (χ4v) is 3.55. The van der Waals surface area contributed by atoms with Gasteiger partial charge >= 0.3 is 6.61 Å². The number of nitrogens with one attached hydrogen (secondary N) is 2. The molecular weight excluding hydrogens is 338 g/mol. The van der Waals surface area contributed by atoms with E-state index >= 15 is 0 Å². The zero-order valence-corrected chi connectivity index (χ0v) is 14.4. The van der Waals surface area contributed by atoms with Crippen LogP contribution in [0.5, 0.6) is 5.75 Å². The van der Waals surface area contributed by atoms with Crippen molar-refractivity contribution in [1.82, 2.24) is 10.6 Å². The van der Waals surface area contributed by atoms with Crippen LogP contribution in [0, 0.1) is 11.3 Å². The molecule has 1 amide bonds. The molecule has 2 fully saturated rings. The van der Waals surface area contributed by atoms with E-state index in [0.717, 1.165) is 37.9 Å². The first kappa shape index (κ1) is 18.9. The predicted molar refractivity (Wildman–Crippen MR) is 89.5 cm³/mol. The van der Waals surface area contributed by atoms with Gasteiger partial charge < -0.3 is 15.4 Å². The van der Waals surface area contributed by atoms with Gasteiger partial charge in [0, 0.05) is 5.92 Å². The van der Waals surface area contributed by atoms with Crippen molar-refractivity contribution in [3.8, 4) is 5.75 Å². The summed E-state index contributed by atoms with van der Waals surface area (Å²) in [5.74, 6) is 0.270. The Hall–Kier alpha value is -1.40. The van der Waals surface area contributed by atoms with Gasteiger partial charge in [-0.25, -0.2) is 0 Å². The number of carbonyl (C=O) groups excluding carboxylic acids is 1. The number of alkyl halides is 2. The summed E-state index contributed by atoms with van der Waals surface area (Å²) in [5.41, 5.74) is 0.951. The maximum atomic E-state index is 12.4. The second kappa shape index (κ2) is 7.66. The van der Waals surface area contributed by atoms with Gasteiger partial charge in [-0.3, -0.25) is 4.79 Å². The third-order valence-corrected chi connectivity index (χ3v) is 5.05. The van der Waals surface area contributed by atoms with E-state index in [-0.39, 0.29) is 41.4 Å². The van der Waals surface area contributed by atoms with Crippen LogP contribution in [-0.2, 0) is 4.79 Å². The third kappa shape index (κ3) is 4.16. The largest absolute Gasteiger partial charge is 0.435 e. The summed E-state index contributed by atoms with van der Waals surface area (Å²) in [5, 5.41) is 6.33. The lowest BCUT2D eigenvalue weighted by Crippen LogP contribution is -2.34. The van der Waals surface area contributed by atoms with E-state index in [2.05, 4.69) is 15.4 Å². The second-order valence-corrected chi connectivity index (χ2v) is 6.55. The first-order chi connectivity index (χ1) is 11.0. The normalized spacial score (nSPS) is 22.6. The zero-order valence-electron chi connectivity index (χ0n) is 13.6. The molecule has 1 spiro atoms. The molecule has 2 unspecified atom stereocenters. The maximum Gasteiger partial charge on any atom is 0.387 e. The number of hydrogen-bond acceptors (Lipinski definition) is 3. The molecule has 2 atom stereocenters. The molecule has 1 aromatic rings. The van der Waals surface area contributed by atoms with E-state index in [1.165, 1.54) is 6.07 Å². The molecule has 0 bridgehead atoms. The number of ether oxygens (including phenoxy) is 1. The SMILES string of the molecule is CC(NC(=O)C1CC12CCNCC2)c1cccc(OC(F)F)c1.Cl. The summed E-state index contributed by atoms with van der Waals surface area (Å²) in [6.45, 7) is 0.969. The van der Waals surface area contributed by atoms with Gasteiger partial charge in [-0.2, -0.15) is 8.78 Å². The van der Waals surface area contributed by atoms with Gasteiger partial charge in [0.2, 0.25) is 5.91 Å². The highest BCUT2D eigenvalue weighted by atomic mass is 35.5. The number of benzene rings is 1. The van der Waals surface area contributed by atoms with Gasteiger partial charge in [0.1, 0.15) is 5.75 Å². The average molecular weight is 361 g/mol. The molecule has 2 aliphatic rings. The van der Waals surface area contributed by atoms with E-state index in [9.17, 15) is 13.6 Å². The summed E-state index contributed by atoms with van der Waals surface area (Å²) in [4.78, 5) is 12.4. The maximum absolute atomic E-state index is 12.4. The lowest BCUT2D eigenvalue weighted by Gasteiger charge is -2.24. The fourth-order valence-electron chi connectivity index (χ4n) is 3.55. The summed E-state index contributed by atoms with van der Waals surface area (Å²) in [6, 6.07) is 6.25.